The number of thioether (sulfide) groups is 1. The van der Waals surface area contributed by atoms with Crippen molar-refractivity contribution >= 4 is 23.6 Å². The van der Waals surface area contributed by atoms with Gasteiger partial charge in [0, 0.05) is 11.3 Å². The van der Waals surface area contributed by atoms with E-state index in [4.69, 9.17) is 4.74 Å². The summed E-state index contributed by atoms with van der Waals surface area (Å²) < 4.78 is 6.65. The Morgan fingerprint density at radius 2 is 1.80 bits per heavy atom. The molecule has 2 N–H and O–H groups in total. The maximum Gasteiger partial charge on any atom is 0.337 e. The predicted molar refractivity (Wildman–Crippen MR) is 133 cm³/mol. The summed E-state index contributed by atoms with van der Waals surface area (Å²) in [7, 11) is 1.37. The fourth-order valence-corrected chi connectivity index (χ4v) is 8.67. The third kappa shape index (κ3) is 4.29. The number of amides is 1. The molecule has 8 heteroatoms. The zero-order valence-electron chi connectivity index (χ0n) is 20.1. The Hall–Kier alpha value is -2.32. The Bertz CT molecular complexity index is 1110. The SMILES string of the molecule is COC(=O)c1ccc(-n2ncc(C(=O)NC3C4CC5CC3CC(O)(C5)C4)c2SC2CCCC2)cc1. The molecule has 186 valence electrons. The van der Waals surface area contributed by atoms with Crippen molar-refractivity contribution in [2.24, 2.45) is 17.8 Å². The third-order valence-electron chi connectivity index (χ3n) is 8.62. The molecular weight excluding hydrogens is 462 g/mol. The zero-order chi connectivity index (χ0) is 24.2. The molecular formula is C27H33N3O4S. The highest BCUT2D eigenvalue weighted by Gasteiger charge is 2.55. The van der Waals surface area contributed by atoms with E-state index >= 15 is 0 Å². The van der Waals surface area contributed by atoms with E-state index in [0.717, 1.165) is 55.7 Å². The maximum absolute atomic E-state index is 13.6. The standard InChI is InChI=1S/C27H33N3O4S/c1-34-26(32)17-6-8-20(9-7-17)30-25(35-21-4-2-3-5-21)22(15-28-30)24(31)29-23-18-10-16-11-19(23)14-27(33,12-16)13-18/h6-9,15-16,18-19,21,23,33H,2-5,10-14H2,1H3,(H,29,31). The van der Waals surface area contributed by atoms with E-state index in [0.29, 0.717) is 34.1 Å². The lowest BCUT2D eigenvalue weighted by Gasteiger charge is -2.58. The lowest BCUT2D eigenvalue weighted by atomic mass is 9.52. The number of hydrogen-bond acceptors (Lipinski definition) is 6. The van der Waals surface area contributed by atoms with Crippen molar-refractivity contribution in [1.82, 2.24) is 15.1 Å². The normalized spacial score (nSPS) is 31.6. The minimum absolute atomic E-state index is 0.0626. The van der Waals surface area contributed by atoms with Crippen LogP contribution in [0.2, 0.25) is 0 Å². The van der Waals surface area contributed by atoms with Gasteiger partial charge in [0.25, 0.3) is 5.91 Å². The first kappa shape index (κ1) is 23.1. The number of methoxy groups -OCH3 is 1. The van der Waals surface area contributed by atoms with Crippen LogP contribution in [-0.2, 0) is 4.74 Å². The predicted octanol–water partition coefficient (Wildman–Crippen LogP) is 4.36. The first-order valence-corrected chi connectivity index (χ1v) is 13.8. The Morgan fingerprint density at radius 3 is 2.43 bits per heavy atom. The minimum atomic E-state index is -0.511. The lowest BCUT2D eigenvalue weighted by Crippen LogP contribution is -2.61. The first-order valence-electron chi connectivity index (χ1n) is 12.9. The van der Waals surface area contributed by atoms with Crippen LogP contribution in [0.5, 0.6) is 0 Å². The fourth-order valence-electron chi connectivity index (χ4n) is 7.26. The third-order valence-corrected chi connectivity index (χ3v) is 10.0. The number of ether oxygens (including phenoxy) is 1. The van der Waals surface area contributed by atoms with Crippen LogP contribution in [0.25, 0.3) is 5.69 Å². The van der Waals surface area contributed by atoms with Gasteiger partial charge in [-0.1, -0.05) is 12.8 Å². The van der Waals surface area contributed by atoms with Crippen LogP contribution < -0.4 is 5.32 Å². The number of benzene rings is 1. The van der Waals surface area contributed by atoms with E-state index in [2.05, 4.69) is 10.4 Å². The van der Waals surface area contributed by atoms with Gasteiger partial charge in [0.05, 0.1) is 35.7 Å². The smallest absolute Gasteiger partial charge is 0.337 e. The molecule has 1 amide bonds. The van der Waals surface area contributed by atoms with E-state index in [-0.39, 0.29) is 17.9 Å². The van der Waals surface area contributed by atoms with Crippen molar-refractivity contribution in [3.8, 4) is 5.69 Å². The number of nitrogens with zero attached hydrogens (tertiary/aromatic N) is 2. The van der Waals surface area contributed by atoms with Crippen LogP contribution in [0.15, 0.2) is 35.5 Å². The summed E-state index contributed by atoms with van der Waals surface area (Å²) in [5.41, 5.74) is 1.40. The molecule has 1 aromatic carbocycles. The summed E-state index contributed by atoms with van der Waals surface area (Å²) in [6, 6.07) is 7.28. The van der Waals surface area contributed by atoms with Gasteiger partial charge in [-0.15, -0.1) is 11.8 Å². The second kappa shape index (κ2) is 8.96. The highest BCUT2D eigenvalue weighted by atomic mass is 32.2. The van der Waals surface area contributed by atoms with Crippen molar-refractivity contribution in [3.05, 3.63) is 41.6 Å². The minimum Gasteiger partial charge on any atom is -0.465 e. The van der Waals surface area contributed by atoms with Crippen LogP contribution in [-0.4, -0.2) is 50.8 Å². The van der Waals surface area contributed by atoms with Crippen molar-refractivity contribution in [3.63, 3.8) is 0 Å². The van der Waals surface area contributed by atoms with Crippen LogP contribution >= 0.6 is 11.8 Å². The lowest BCUT2D eigenvalue weighted by molar-refractivity contribution is -0.136. The molecule has 0 radical (unpaired) electrons. The second-order valence-electron chi connectivity index (χ2n) is 11.0. The van der Waals surface area contributed by atoms with Gasteiger partial charge < -0.3 is 15.2 Å². The van der Waals surface area contributed by atoms with Crippen LogP contribution in [0, 0.1) is 17.8 Å². The monoisotopic (exact) mass is 495 g/mol. The van der Waals surface area contributed by atoms with E-state index in [1.54, 1.807) is 30.1 Å². The first-order chi connectivity index (χ1) is 16.9. The molecule has 1 aromatic heterocycles. The van der Waals surface area contributed by atoms with Gasteiger partial charge in [0.2, 0.25) is 0 Å². The number of carbonyl (C=O) groups excluding carboxylic acids is 2. The van der Waals surface area contributed by atoms with Crippen LogP contribution in [0.3, 0.4) is 0 Å². The molecule has 5 aliphatic rings. The zero-order valence-corrected chi connectivity index (χ0v) is 20.9. The number of esters is 1. The van der Waals surface area contributed by atoms with Gasteiger partial charge in [-0.25, -0.2) is 9.48 Å². The van der Waals surface area contributed by atoms with Crippen molar-refractivity contribution in [2.75, 3.05) is 7.11 Å². The Morgan fingerprint density at radius 1 is 1.11 bits per heavy atom. The van der Waals surface area contributed by atoms with Gasteiger partial charge >= 0.3 is 5.97 Å². The number of hydrogen-bond donors (Lipinski definition) is 2. The largest absolute Gasteiger partial charge is 0.465 e. The highest BCUT2D eigenvalue weighted by molar-refractivity contribution is 8.00. The number of aliphatic hydroxyl groups is 1. The van der Waals surface area contributed by atoms with E-state index in [9.17, 15) is 14.7 Å². The molecule has 5 aliphatic carbocycles. The van der Waals surface area contributed by atoms with Gasteiger partial charge in [-0.05, 0) is 87.0 Å². The topological polar surface area (TPSA) is 93.5 Å². The number of aromatic nitrogens is 2. The average molecular weight is 496 g/mol. The van der Waals surface area contributed by atoms with E-state index in [1.165, 1.54) is 20.0 Å². The molecule has 1 heterocycles. The summed E-state index contributed by atoms with van der Waals surface area (Å²) in [4.78, 5) is 25.5. The molecule has 0 aliphatic heterocycles. The van der Waals surface area contributed by atoms with Crippen molar-refractivity contribution in [1.29, 1.82) is 0 Å². The molecule has 5 fully saturated rings. The Balaban J connectivity index is 1.27. The maximum atomic E-state index is 13.6. The molecule has 7 nitrogen and oxygen atoms in total. The van der Waals surface area contributed by atoms with E-state index in [1.807, 2.05) is 16.8 Å². The summed E-state index contributed by atoms with van der Waals surface area (Å²) in [5, 5.41) is 20.3. The average Bonchev–Trinajstić information content (AvgIpc) is 3.50. The molecule has 5 saturated carbocycles. The number of rotatable bonds is 6. The highest BCUT2D eigenvalue weighted by Crippen LogP contribution is 2.55. The molecule has 4 bridgehead atoms. The van der Waals surface area contributed by atoms with Gasteiger partial charge in [-0.3, -0.25) is 4.79 Å². The molecule has 2 unspecified atom stereocenters. The summed E-state index contributed by atoms with van der Waals surface area (Å²) in [5.74, 6) is 0.893. The Labute approximate surface area is 210 Å². The van der Waals surface area contributed by atoms with Crippen molar-refractivity contribution < 1.29 is 19.4 Å². The van der Waals surface area contributed by atoms with E-state index < -0.39 is 5.60 Å². The van der Waals surface area contributed by atoms with Crippen LogP contribution in [0.1, 0.15) is 78.5 Å². The molecule has 7 rings (SSSR count). The van der Waals surface area contributed by atoms with Gasteiger partial charge in [0.1, 0.15) is 5.03 Å². The second-order valence-corrected chi connectivity index (χ2v) is 12.3. The molecule has 2 atom stereocenters. The Kier molecular flexibility index (Phi) is 5.92. The quantitative estimate of drug-likeness (QED) is 0.579. The molecule has 0 spiro atoms. The van der Waals surface area contributed by atoms with Crippen LogP contribution in [0.4, 0.5) is 0 Å². The molecule has 2 aromatic rings. The van der Waals surface area contributed by atoms with Gasteiger partial charge in [-0.2, -0.15) is 5.10 Å². The summed E-state index contributed by atoms with van der Waals surface area (Å²) in [6.45, 7) is 0. The number of nitrogens with one attached hydrogen (secondary N) is 1. The number of carbonyl (C=O) groups is 2. The molecule has 35 heavy (non-hydrogen) atoms. The van der Waals surface area contributed by atoms with Crippen molar-refractivity contribution in [2.45, 2.75) is 79.7 Å². The summed E-state index contributed by atoms with van der Waals surface area (Å²) in [6.07, 6.45) is 11.2. The summed E-state index contributed by atoms with van der Waals surface area (Å²) >= 11 is 1.75. The molecule has 0 saturated heterocycles. The fraction of sp³-hybridized carbons (Fsp3) is 0.593. The van der Waals surface area contributed by atoms with Gasteiger partial charge in [0.15, 0.2) is 0 Å².